The molecule has 1 nitrogen and oxygen atoms in total. The molecule has 10 aromatic carbocycles. The molecule has 0 N–H and O–H groups in total. The van der Waals surface area contributed by atoms with E-state index in [0.29, 0.717) is 16.4 Å². The number of hydrogen-bond acceptors (Lipinski definition) is 1. The van der Waals surface area contributed by atoms with Crippen molar-refractivity contribution < 1.29 is 20.9 Å². The molecule has 0 fully saturated rings. The molecule has 0 unspecified atom stereocenters. The minimum Gasteiger partial charge on any atom is -0.455 e. The van der Waals surface area contributed by atoms with Gasteiger partial charge in [0.1, 0.15) is 11.2 Å². The summed E-state index contributed by atoms with van der Waals surface area (Å²) in [5.41, 5.74) is 4.82. The van der Waals surface area contributed by atoms with Gasteiger partial charge in [-0.3, -0.25) is 0 Å². The number of furan rings is 1. The van der Waals surface area contributed by atoms with E-state index in [4.69, 9.17) is 16.8 Å². The summed E-state index contributed by atoms with van der Waals surface area (Å²) in [5.74, 6) is 0. The Morgan fingerprint density at radius 2 is 0.945 bits per heavy atom. The highest BCUT2D eigenvalue weighted by atomic mass is 16.3. The van der Waals surface area contributed by atoms with Crippen molar-refractivity contribution in [2.45, 2.75) is 0 Å². The van der Waals surface area contributed by atoms with E-state index in [1.807, 2.05) is 60.7 Å². The average Bonchev–Trinajstić information content (AvgIpc) is 3.76. The third-order valence-corrected chi connectivity index (χ3v) is 10.4. The van der Waals surface area contributed by atoms with Gasteiger partial charge in [-0.25, -0.2) is 0 Å². The van der Waals surface area contributed by atoms with Crippen LogP contribution >= 0.6 is 0 Å². The van der Waals surface area contributed by atoms with Crippen LogP contribution in [0.1, 0.15) is 16.4 Å². The number of hydrogen-bond donors (Lipinski definition) is 0. The first-order valence-electron chi connectivity index (χ1n) is 23.9. The van der Waals surface area contributed by atoms with Crippen molar-refractivity contribution in [3.63, 3.8) is 0 Å². The van der Waals surface area contributed by atoms with Crippen molar-refractivity contribution in [2.24, 2.45) is 0 Å². The van der Waals surface area contributed by atoms with Gasteiger partial charge in [0.2, 0.25) is 0 Å². The third-order valence-electron chi connectivity index (χ3n) is 10.4. The van der Waals surface area contributed by atoms with E-state index in [0.717, 1.165) is 60.3 Å². The minimum atomic E-state index is -0.732. The molecule has 1 aromatic heterocycles. The lowest BCUT2D eigenvalue weighted by Gasteiger charge is -2.20. The molecule has 55 heavy (non-hydrogen) atoms. The fraction of sp³-hybridized carbons (Fsp3) is 0. The molecule has 0 aliphatic carbocycles. The van der Waals surface area contributed by atoms with Gasteiger partial charge in [0.15, 0.2) is 0 Å². The maximum Gasteiger partial charge on any atom is 0.143 e. The summed E-state index contributed by atoms with van der Waals surface area (Å²) in [6.07, 6.45) is 0. The molecule has 0 radical (unpaired) electrons. The maximum atomic E-state index is 9.70. The zero-order valence-corrected chi connectivity index (χ0v) is 29.1. The third kappa shape index (κ3) is 5.09. The molecule has 256 valence electrons. The number of fused-ring (bicyclic) bond motifs is 7. The Kier molecular flexibility index (Phi) is 4.97. The smallest absolute Gasteiger partial charge is 0.143 e. The molecule has 1 heterocycles. The molecule has 1 heteroatoms. The Bertz CT molecular complexity index is 3870. The minimum absolute atomic E-state index is 0.0748. The predicted molar refractivity (Wildman–Crippen MR) is 233 cm³/mol. The fourth-order valence-corrected chi connectivity index (χ4v) is 8.01. The van der Waals surface area contributed by atoms with Gasteiger partial charge in [-0.05, 0) is 107 Å². The largest absolute Gasteiger partial charge is 0.455 e. The van der Waals surface area contributed by atoms with E-state index in [2.05, 4.69) is 66.7 Å². The summed E-state index contributed by atoms with van der Waals surface area (Å²) in [7, 11) is 0. The van der Waals surface area contributed by atoms with Gasteiger partial charge in [0.25, 0.3) is 0 Å². The number of rotatable bonds is 5. The summed E-state index contributed by atoms with van der Waals surface area (Å²) >= 11 is 0. The standard InChI is InChI=1S/C54H34O/c1-3-15-35(16-4-1)40-19-7-8-21-42(40)38-30-32-51-50(33-38)48-31-29-37-27-28-39(34-49(37)54(48)55-51)52-44-23-11-13-25-46(44)53(47-26-14-12-24-45(47)52)43-22-10-9-20-41(43)36-17-5-2-6-18-36/h1-34H/i1D,3D,4D,7D,8D,15D,16D,19D,21D,30D,32D,33D. The van der Waals surface area contributed by atoms with Crippen LogP contribution in [-0.4, -0.2) is 0 Å². The molecule has 0 amide bonds. The molecule has 11 aromatic rings. The highest BCUT2D eigenvalue weighted by molar-refractivity contribution is 6.23. The van der Waals surface area contributed by atoms with Crippen LogP contribution < -0.4 is 0 Å². The molecule has 0 aliphatic rings. The van der Waals surface area contributed by atoms with Gasteiger partial charge in [-0.1, -0.05) is 182 Å². The first-order valence-corrected chi connectivity index (χ1v) is 17.9. The zero-order valence-electron chi connectivity index (χ0n) is 41.1. The summed E-state index contributed by atoms with van der Waals surface area (Å²) in [4.78, 5) is 0. The Labute approximate surface area is 336 Å². The highest BCUT2D eigenvalue weighted by Gasteiger charge is 2.20. The Balaban J connectivity index is 1.18. The molecule has 11 rings (SSSR count). The molecular weight excluding hydrogens is 665 g/mol. The average molecular weight is 711 g/mol. The second kappa shape index (κ2) is 12.7. The fourth-order valence-electron chi connectivity index (χ4n) is 8.01. The lowest BCUT2D eigenvalue weighted by atomic mass is 9.83. The van der Waals surface area contributed by atoms with Crippen molar-refractivity contribution in [1.29, 1.82) is 0 Å². The molecule has 0 bridgehead atoms. The Hall–Kier alpha value is -7.22. The first-order chi connectivity index (χ1) is 32.3. The van der Waals surface area contributed by atoms with Crippen molar-refractivity contribution in [3.8, 4) is 55.6 Å². The van der Waals surface area contributed by atoms with Gasteiger partial charge in [-0.2, -0.15) is 0 Å². The van der Waals surface area contributed by atoms with E-state index in [1.54, 1.807) is 6.07 Å². The van der Waals surface area contributed by atoms with Crippen molar-refractivity contribution >= 4 is 54.3 Å². The lowest BCUT2D eigenvalue weighted by molar-refractivity contribution is 0.672. The van der Waals surface area contributed by atoms with Crippen molar-refractivity contribution in [3.05, 3.63) is 206 Å². The molecule has 0 saturated heterocycles. The lowest BCUT2D eigenvalue weighted by Crippen LogP contribution is -1.92. The summed E-state index contributed by atoms with van der Waals surface area (Å²) in [6, 6.07) is 37.4. The van der Waals surface area contributed by atoms with Crippen LogP contribution in [0.15, 0.2) is 210 Å². The van der Waals surface area contributed by atoms with E-state index in [1.165, 1.54) is 0 Å². The van der Waals surface area contributed by atoms with Crippen LogP contribution in [0.5, 0.6) is 0 Å². The van der Waals surface area contributed by atoms with Crippen LogP contribution in [0, 0.1) is 0 Å². The predicted octanol–water partition coefficient (Wildman–Crippen LogP) is 15.4. The van der Waals surface area contributed by atoms with Crippen LogP contribution in [0.4, 0.5) is 0 Å². The van der Waals surface area contributed by atoms with Gasteiger partial charge >= 0.3 is 0 Å². The van der Waals surface area contributed by atoms with E-state index in [9.17, 15) is 4.11 Å². The molecule has 0 atom stereocenters. The van der Waals surface area contributed by atoms with Gasteiger partial charge in [0.05, 0.1) is 16.4 Å². The van der Waals surface area contributed by atoms with E-state index < -0.39 is 83.2 Å². The Morgan fingerprint density at radius 1 is 0.345 bits per heavy atom. The molecular formula is C54H34O. The molecule has 0 aliphatic heterocycles. The molecule has 0 saturated carbocycles. The maximum absolute atomic E-state index is 9.70. The van der Waals surface area contributed by atoms with Crippen LogP contribution in [0.2, 0.25) is 0 Å². The van der Waals surface area contributed by atoms with Crippen LogP contribution in [0.3, 0.4) is 0 Å². The monoisotopic (exact) mass is 710 g/mol. The SMILES string of the molecule is [2H]c1c([2H])c([2H])c(-c2c([2H])c([2H])c([2H])c([2H])c2-c2c([2H])c([2H])c3oc4c5cc(-c6c7ccccc7c(-c7ccccc7-c7ccccc7)c7ccccc67)ccc5ccc4c3c2[2H])c([2H])c1[2H]. The van der Waals surface area contributed by atoms with Crippen molar-refractivity contribution in [2.75, 3.05) is 0 Å². The first kappa shape index (κ1) is 21.5. The topological polar surface area (TPSA) is 13.1 Å². The highest BCUT2D eigenvalue weighted by Crippen LogP contribution is 2.47. The second-order valence-electron chi connectivity index (χ2n) is 13.4. The zero-order chi connectivity index (χ0) is 46.7. The van der Waals surface area contributed by atoms with Gasteiger partial charge in [0, 0.05) is 16.2 Å². The Morgan fingerprint density at radius 3 is 1.67 bits per heavy atom. The van der Waals surface area contributed by atoms with Crippen LogP contribution in [-0.2, 0) is 0 Å². The number of benzene rings is 10. The van der Waals surface area contributed by atoms with Crippen LogP contribution in [0.25, 0.3) is 110 Å². The summed E-state index contributed by atoms with van der Waals surface area (Å²) < 4.78 is 112. The second-order valence-corrected chi connectivity index (χ2v) is 13.4. The van der Waals surface area contributed by atoms with E-state index >= 15 is 0 Å². The quantitative estimate of drug-likeness (QED) is 0.162. The normalized spacial score (nSPS) is 14.7. The molecule has 0 spiro atoms. The van der Waals surface area contributed by atoms with E-state index in [-0.39, 0.29) is 22.6 Å². The van der Waals surface area contributed by atoms with Crippen molar-refractivity contribution in [1.82, 2.24) is 0 Å². The summed E-state index contributed by atoms with van der Waals surface area (Å²) in [5, 5.41) is 6.22. The summed E-state index contributed by atoms with van der Waals surface area (Å²) in [6.45, 7) is 0. The van der Waals surface area contributed by atoms with Gasteiger partial charge in [-0.15, -0.1) is 0 Å². The van der Waals surface area contributed by atoms with Gasteiger partial charge < -0.3 is 4.42 Å².